The molecule has 0 saturated carbocycles. The normalized spacial score (nSPS) is 20.9. The van der Waals surface area contributed by atoms with E-state index in [0.717, 1.165) is 12.8 Å². The molecule has 0 atom stereocenters. The zero-order valence-electron chi connectivity index (χ0n) is 11.5. The molecule has 1 N–H and O–H groups in total. The molecule has 0 spiro atoms. The zero-order chi connectivity index (χ0) is 13.9. The van der Waals surface area contributed by atoms with Crippen molar-refractivity contribution in [1.82, 2.24) is 4.72 Å². The lowest BCUT2D eigenvalue weighted by molar-refractivity contribution is 0.0557. The molecule has 1 saturated heterocycles. The molecular weight excluding hydrogens is 318 g/mol. The Morgan fingerprint density at radius 1 is 1.28 bits per heavy atom. The van der Waals surface area contributed by atoms with Crippen molar-refractivity contribution in [3.63, 3.8) is 0 Å². The van der Waals surface area contributed by atoms with Crippen molar-refractivity contribution in [2.45, 2.75) is 45.6 Å². The van der Waals surface area contributed by atoms with Crippen LogP contribution in [-0.4, -0.2) is 38.3 Å². The molecule has 1 aliphatic rings. The van der Waals surface area contributed by atoms with Crippen molar-refractivity contribution in [3.05, 3.63) is 0 Å². The maximum atomic E-state index is 12.1. The number of hydrogen-bond acceptors (Lipinski definition) is 3. The first-order valence-corrected chi connectivity index (χ1v) is 9.11. The van der Waals surface area contributed by atoms with Crippen molar-refractivity contribution < 1.29 is 13.2 Å². The van der Waals surface area contributed by atoms with Crippen LogP contribution in [0.1, 0.15) is 40.0 Å². The lowest BCUT2D eigenvalue weighted by atomic mass is 9.94. The summed E-state index contributed by atoms with van der Waals surface area (Å²) in [6, 6.07) is 0. The van der Waals surface area contributed by atoms with Crippen molar-refractivity contribution in [1.29, 1.82) is 0 Å². The molecule has 1 rings (SSSR count). The maximum Gasteiger partial charge on any atom is 0.212 e. The van der Waals surface area contributed by atoms with Gasteiger partial charge >= 0.3 is 0 Å². The Labute approximate surface area is 119 Å². The van der Waals surface area contributed by atoms with Crippen molar-refractivity contribution in [2.75, 3.05) is 24.3 Å². The summed E-state index contributed by atoms with van der Waals surface area (Å²) in [5.41, 5.74) is -0.332. The van der Waals surface area contributed by atoms with Crippen LogP contribution >= 0.6 is 15.9 Å². The minimum Gasteiger partial charge on any atom is -0.381 e. The van der Waals surface area contributed by atoms with Gasteiger partial charge in [0.05, 0.1) is 5.75 Å². The van der Waals surface area contributed by atoms with Crippen LogP contribution in [0.25, 0.3) is 0 Å². The average Bonchev–Trinajstić information content (AvgIpc) is 2.27. The van der Waals surface area contributed by atoms with Gasteiger partial charge in [-0.25, -0.2) is 13.1 Å². The highest BCUT2D eigenvalue weighted by Gasteiger charge is 2.35. The van der Waals surface area contributed by atoms with Gasteiger partial charge in [-0.15, -0.1) is 0 Å². The van der Waals surface area contributed by atoms with E-state index in [2.05, 4.69) is 41.4 Å². The molecule has 18 heavy (non-hydrogen) atoms. The summed E-state index contributed by atoms with van der Waals surface area (Å²) in [4.78, 5) is 0. The lowest BCUT2D eigenvalue weighted by Crippen LogP contribution is -2.53. The van der Waals surface area contributed by atoms with Crippen LogP contribution < -0.4 is 4.72 Å². The van der Waals surface area contributed by atoms with E-state index in [-0.39, 0.29) is 16.7 Å². The summed E-state index contributed by atoms with van der Waals surface area (Å²) < 4.78 is 32.4. The van der Waals surface area contributed by atoms with E-state index in [0.29, 0.717) is 25.0 Å². The summed E-state index contributed by atoms with van der Waals surface area (Å²) in [6.07, 6.45) is 2.12. The largest absolute Gasteiger partial charge is 0.381 e. The molecule has 0 aromatic rings. The predicted molar refractivity (Wildman–Crippen MR) is 77.6 cm³/mol. The minimum absolute atomic E-state index is 0.0337. The highest BCUT2D eigenvalue weighted by molar-refractivity contribution is 9.09. The Bertz CT molecular complexity index is 356. The van der Waals surface area contributed by atoms with E-state index in [4.69, 9.17) is 4.74 Å². The van der Waals surface area contributed by atoms with Crippen LogP contribution in [0.2, 0.25) is 0 Å². The van der Waals surface area contributed by atoms with E-state index < -0.39 is 10.0 Å². The fraction of sp³-hybridized carbons (Fsp3) is 1.00. The van der Waals surface area contributed by atoms with E-state index in [9.17, 15) is 8.42 Å². The smallest absolute Gasteiger partial charge is 0.212 e. The summed E-state index contributed by atoms with van der Waals surface area (Å²) in [5.74, 6) is 0.187. The Morgan fingerprint density at radius 2 is 1.83 bits per heavy atom. The van der Waals surface area contributed by atoms with Crippen molar-refractivity contribution in [3.8, 4) is 0 Å². The monoisotopic (exact) mass is 341 g/mol. The molecule has 0 aromatic carbocycles. The highest BCUT2D eigenvalue weighted by Crippen LogP contribution is 2.25. The molecular formula is C12H24BrNO3S. The van der Waals surface area contributed by atoms with E-state index in [1.165, 1.54) is 0 Å². The molecule has 1 aliphatic heterocycles. The Kier molecular flexibility index (Phi) is 5.65. The quantitative estimate of drug-likeness (QED) is 0.780. The molecule has 0 bridgehead atoms. The van der Waals surface area contributed by atoms with Crippen LogP contribution in [-0.2, 0) is 14.8 Å². The predicted octanol–water partition coefficient (Wildman–Crippen LogP) is 2.29. The van der Waals surface area contributed by atoms with Gasteiger partial charge in [0.15, 0.2) is 0 Å². The number of rotatable bonds is 5. The van der Waals surface area contributed by atoms with Crippen molar-refractivity contribution >= 4 is 26.0 Å². The highest BCUT2D eigenvalue weighted by atomic mass is 79.9. The molecule has 0 amide bonds. The van der Waals surface area contributed by atoms with Gasteiger partial charge in [-0.3, -0.25) is 0 Å². The molecule has 4 nitrogen and oxygen atoms in total. The first-order valence-electron chi connectivity index (χ1n) is 6.33. The summed E-state index contributed by atoms with van der Waals surface area (Å²) in [6.45, 7) is 7.40. The van der Waals surface area contributed by atoms with Crippen LogP contribution in [0.3, 0.4) is 0 Å². The first-order chi connectivity index (χ1) is 8.18. The van der Waals surface area contributed by atoms with Gasteiger partial charge in [0.25, 0.3) is 0 Å². The average molecular weight is 342 g/mol. The molecule has 0 aliphatic carbocycles. The zero-order valence-corrected chi connectivity index (χ0v) is 13.9. The molecule has 1 fully saturated rings. The third-order valence-electron chi connectivity index (χ3n) is 3.20. The second-order valence-electron chi connectivity index (χ2n) is 6.26. The lowest BCUT2D eigenvalue weighted by Gasteiger charge is -2.36. The number of nitrogens with one attached hydrogen (secondary N) is 1. The third-order valence-corrected chi connectivity index (χ3v) is 5.76. The van der Waals surface area contributed by atoms with Crippen LogP contribution in [0.15, 0.2) is 0 Å². The number of hydrogen-bond donors (Lipinski definition) is 1. The Morgan fingerprint density at radius 3 is 2.28 bits per heavy atom. The van der Waals surface area contributed by atoms with Crippen molar-refractivity contribution in [2.24, 2.45) is 5.41 Å². The first kappa shape index (κ1) is 16.4. The van der Waals surface area contributed by atoms with Gasteiger partial charge in [0.1, 0.15) is 0 Å². The summed E-state index contributed by atoms with van der Waals surface area (Å²) >= 11 is 3.43. The van der Waals surface area contributed by atoms with E-state index in [1.807, 2.05) is 0 Å². The Balaban J connectivity index is 2.62. The number of ether oxygens (including phenoxy) is 1. The molecule has 0 aromatic heterocycles. The van der Waals surface area contributed by atoms with E-state index >= 15 is 0 Å². The minimum atomic E-state index is -3.22. The third kappa shape index (κ3) is 5.55. The summed E-state index contributed by atoms with van der Waals surface area (Å²) in [5, 5.41) is 0.637. The van der Waals surface area contributed by atoms with Gasteiger partial charge in [-0.1, -0.05) is 36.7 Å². The van der Waals surface area contributed by atoms with Gasteiger partial charge in [-0.2, -0.15) is 0 Å². The van der Waals surface area contributed by atoms with E-state index in [1.54, 1.807) is 0 Å². The van der Waals surface area contributed by atoms with Crippen LogP contribution in [0, 0.1) is 5.41 Å². The Hall–Kier alpha value is 0.350. The van der Waals surface area contributed by atoms with Gasteiger partial charge in [0, 0.05) is 24.1 Å². The van der Waals surface area contributed by atoms with Crippen LogP contribution in [0.4, 0.5) is 0 Å². The van der Waals surface area contributed by atoms with Gasteiger partial charge in [0.2, 0.25) is 10.0 Å². The van der Waals surface area contributed by atoms with Crippen LogP contribution in [0.5, 0.6) is 0 Å². The molecule has 1 heterocycles. The number of halogens is 1. The second-order valence-corrected chi connectivity index (χ2v) is 8.66. The molecule has 0 radical (unpaired) electrons. The fourth-order valence-corrected chi connectivity index (χ4v) is 4.65. The fourth-order valence-electron chi connectivity index (χ4n) is 1.85. The number of alkyl halides is 1. The SMILES string of the molecule is CC(C)(C)CCS(=O)(=O)NC1(CBr)CCOCC1. The molecule has 0 unspecified atom stereocenters. The molecule has 6 heteroatoms. The standard InChI is InChI=1S/C12H24BrNO3S/c1-11(2,3)6-9-18(15,16)14-12(10-13)4-7-17-8-5-12/h14H,4-10H2,1-3H3. The van der Waals surface area contributed by atoms with Gasteiger partial charge < -0.3 is 4.74 Å². The maximum absolute atomic E-state index is 12.1. The second kappa shape index (κ2) is 6.20. The van der Waals surface area contributed by atoms with Gasteiger partial charge in [-0.05, 0) is 24.7 Å². The topological polar surface area (TPSA) is 55.4 Å². The number of sulfonamides is 1. The summed E-state index contributed by atoms with van der Waals surface area (Å²) in [7, 11) is -3.22. The molecule has 108 valence electrons.